The summed E-state index contributed by atoms with van der Waals surface area (Å²) in [5.74, 6) is 1.48. The van der Waals surface area contributed by atoms with Gasteiger partial charge in [-0.2, -0.15) is 0 Å². The predicted molar refractivity (Wildman–Crippen MR) is 68.4 cm³/mol. The van der Waals surface area contributed by atoms with Crippen LogP contribution >= 0.6 is 0 Å². The van der Waals surface area contributed by atoms with E-state index in [4.69, 9.17) is 0 Å². The Morgan fingerprint density at radius 2 is 1.81 bits per heavy atom. The van der Waals surface area contributed by atoms with Crippen LogP contribution in [0.2, 0.25) is 0 Å². The molecule has 1 rings (SSSR count). The first-order valence-electron chi connectivity index (χ1n) is 6.47. The van der Waals surface area contributed by atoms with Crippen LogP contribution in [0.4, 0.5) is 0 Å². The van der Waals surface area contributed by atoms with Crippen molar-refractivity contribution in [3.63, 3.8) is 0 Å². The molecule has 0 bridgehead atoms. The first-order valence-corrected chi connectivity index (χ1v) is 8.29. The second-order valence-corrected chi connectivity index (χ2v) is 7.47. The fourth-order valence-electron chi connectivity index (χ4n) is 2.21. The zero-order valence-electron chi connectivity index (χ0n) is 10.5. The van der Waals surface area contributed by atoms with Gasteiger partial charge in [0.25, 0.3) is 0 Å². The molecular weight excluding hydrogens is 222 g/mol. The predicted octanol–water partition coefficient (Wildman–Crippen LogP) is 1.98. The average Bonchev–Trinajstić information content (AvgIpc) is 2.27. The molecule has 0 aliphatic heterocycles. The lowest BCUT2D eigenvalue weighted by molar-refractivity contribution is 0.308. The van der Waals surface area contributed by atoms with E-state index < -0.39 is 9.84 Å². The van der Waals surface area contributed by atoms with Crippen LogP contribution in [0.1, 0.15) is 46.0 Å². The summed E-state index contributed by atoms with van der Waals surface area (Å²) in [7, 11) is -2.77. The lowest BCUT2D eigenvalue weighted by Gasteiger charge is -2.27. The molecule has 1 aliphatic rings. The Balaban J connectivity index is 2.08. The molecule has 96 valence electrons. The molecule has 0 unspecified atom stereocenters. The molecule has 0 amide bonds. The Morgan fingerprint density at radius 1 is 1.19 bits per heavy atom. The molecule has 0 aromatic carbocycles. The molecule has 0 spiro atoms. The Hall–Kier alpha value is -0.0900. The largest absolute Gasteiger partial charge is 0.314 e. The normalized spacial score (nSPS) is 26.9. The average molecular weight is 247 g/mol. The maximum atomic E-state index is 11.3. The highest BCUT2D eigenvalue weighted by atomic mass is 32.2. The van der Waals surface area contributed by atoms with Crippen molar-refractivity contribution in [1.29, 1.82) is 0 Å². The van der Waals surface area contributed by atoms with Gasteiger partial charge in [-0.25, -0.2) is 8.42 Å². The second-order valence-electron chi connectivity index (χ2n) is 5.00. The van der Waals surface area contributed by atoms with Crippen LogP contribution in [0.25, 0.3) is 0 Å². The van der Waals surface area contributed by atoms with Gasteiger partial charge in [0.2, 0.25) is 0 Å². The number of hydrogen-bond donors (Lipinski definition) is 1. The molecule has 0 aromatic rings. The van der Waals surface area contributed by atoms with Gasteiger partial charge in [-0.3, -0.25) is 0 Å². The van der Waals surface area contributed by atoms with Crippen molar-refractivity contribution in [3.05, 3.63) is 0 Å². The fraction of sp³-hybridized carbons (Fsp3) is 1.00. The Morgan fingerprint density at radius 3 is 2.38 bits per heavy atom. The van der Waals surface area contributed by atoms with Gasteiger partial charge in [0.05, 0.1) is 5.75 Å². The van der Waals surface area contributed by atoms with E-state index in [1.807, 2.05) is 0 Å². The molecule has 3 nitrogen and oxygen atoms in total. The van der Waals surface area contributed by atoms with E-state index in [2.05, 4.69) is 12.2 Å². The SMILES string of the molecule is CCS(=O)(=O)CCCNC1CCC(C)CC1. The molecule has 1 aliphatic carbocycles. The zero-order chi connectivity index (χ0) is 12.0. The van der Waals surface area contributed by atoms with Crippen molar-refractivity contribution in [1.82, 2.24) is 5.32 Å². The third-order valence-electron chi connectivity index (χ3n) is 3.52. The Bertz CT molecular complexity index is 279. The third-order valence-corrected chi connectivity index (χ3v) is 5.31. The van der Waals surface area contributed by atoms with Gasteiger partial charge in [-0.1, -0.05) is 13.8 Å². The number of rotatable bonds is 6. The van der Waals surface area contributed by atoms with Crippen LogP contribution in [0.15, 0.2) is 0 Å². The van der Waals surface area contributed by atoms with Crippen molar-refractivity contribution in [3.8, 4) is 0 Å². The topological polar surface area (TPSA) is 46.2 Å². The summed E-state index contributed by atoms with van der Waals surface area (Å²) < 4.78 is 22.5. The fourth-order valence-corrected chi connectivity index (χ4v) is 3.08. The van der Waals surface area contributed by atoms with E-state index in [0.29, 0.717) is 11.8 Å². The lowest BCUT2D eigenvalue weighted by Crippen LogP contribution is -2.34. The van der Waals surface area contributed by atoms with E-state index >= 15 is 0 Å². The molecule has 0 aromatic heterocycles. The molecule has 0 saturated heterocycles. The van der Waals surface area contributed by atoms with E-state index in [9.17, 15) is 8.42 Å². The highest BCUT2D eigenvalue weighted by Gasteiger charge is 2.17. The van der Waals surface area contributed by atoms with Crippen LogP contribution in [0, 0.1) is 5.92 Å². The van der Waals surface area contributed by atoms with Gasteiger partial charge >= 0.3 is 0 Å². The summed E-state index contributed by atoms with van der Waals surface area (Å²) in [6.07, 6.45) is 5.88. The van der Waals surface area contributed by atoms with Crippen LogP contribution in [0.5, 0.6) is 0 Å². The van der Waals surface area contributed by atoms with Crippen LogP contribution < -0.4 is 5.32 Å². The van der Waals surface area contributed by atoms with E-state index in [0.717, 1.165) is 18.9 Å². The van der Waals surface area contributed by atoms with Crippen molar-refractivity contribution in [2.24, 2.45) is 5.92 Å². The summed E-state index contributed by atoms with van der Waals surface area (Å²) in [6, 6.07) is 0.625. The zero-order valence-corrected chi connectivity index (χ0v) is 11.4. The highest BCUT2D eigenvalue weighted by Crippen LogP contribution is 2.23. The van der Waals surface area contributed by atoms with Crippen molar-refractivity contribution >= 4 is 9.84 Å². The molecule has 1 N–H and O–H groups in total. The maximum Gasteiger partial charge on any atom is 0.150 e. The van der Waals surface area contributed by atoms with Crippen molar-refractivity contribution in [2.75, 3.05) is 18.1 Å². The minimum Gasteiger partial charge on any atom is -0.314 e. The molecule has 0 atom stereocenters. The van der Waals surface area contributed by atoms with E-state index in [-0.39, 0.29) is 5.75 Å². The molecule has 4 heteroatoms. The molecule has 0 radical (unpaired) electrons. The van der Waals surface area contributed by atoms with E-state index in [1.54, 1.807) is 6.92 Å². The molecule has 1 fully saturated rings. The van der Waals surface area contributed by atoms with Gasteiger partial charge in [-0.15, -0.1) is 0 Å². The molecule has 16 heavy (non-hydrogen) atoms. The molecule has 0 heterocycles. The summed E-state index contributed by atoms with van der Waals surface area (Å²) in [5, 5.41) is 3.47. The summed E-state index contributed by atoms with van der Waals surface area (Å²) in [6.45, 7) is 4.87. The van der Waals surface area contributed by atoms with Crippen molar-refractivity contribution in [2.45, 2.75) is 52.0 Å². The quantitative estimate of drug-likeness (QED) is 0.730. The standard InChI is InChI=1S/C12H25NO2S/c1-3-16(14,15)10-4-9-13-12-7-5-11(2)6-8-12/h11-13H,3-10H2,1-2H3. The smallest absolute Gasteiger partial charge is 0.150 e. The molecular formula is C12H25NO2S. The first-order chi connectivity index (χ1) is 7.53. The number of hydrogen-bond acceptors (Lipinski definition) is 3. The monoisotopic (exact) mass is 247 g/mol. The van der Waals surface area contributed by atoms with Crippen molar-refractivity contribution < 1.29 is 8.42 Å². The maximum absolute atomic E-state index is 11.3. The van der Waals surface area contributed by atoms with Crippen LogP contribution in [-0.2, 0) is 9.84 Å². The Kier molecular flexibility index (Phi) is 5.76. The third kappa shape index (κ3) is 5.30. The van der Waals surface area contributed by atoms with Crippen LogP contribution in [-0.4, -0.2) is 32.5 Å². The Labute approximate surface area is 99.9 Å². The first kappa shape index (κ1) is 14.0. The van der Waals surface area contributed by atoms with E-state index in [1.165, 1.54) is 25.7 Å². The van der Waals surface area contributed by atoms with Gasteiger partial charge in [0, 0.05) is 11.8 Å². The minimum atomic E-state index is -2.77. The molecule has 1 saturated carbocycles. The highest BCUT2D eigenvalue weighted by molar-refractivity contribution is 7.91. The summed E-state index contributed by atoms with van der Waals surface area (Å²) in [5.41, 5.74) is 0. The number of sulfone groups is 1. The second kappa shape index (κ2) is 6.60. The summed E-state index contributed by atoms with van der Waals surface area (Å²) in [4.78, 5) is 0. The van der Waals surface area contributed by atoms with Crippen LogP contribution in [0.3, 0.4) is 0 Å². The van der Waals surface area contributed by atoms with Gasteiger partial charge in [-0.05, 0) is 44.6 Å². The summed E-state index contributed by atoms with van der Waals surface area (Å²) >= 11 is 0. The minimum absolute atomic E-state index is 0.272. The van der Waals surface area contributed by atoms with Gasteiger partial charge < -0.3 is 5.32 Å². The number of nitrogens with one attached hydrogen (secondary N) is 1. The van der Waals surface area contributed by atoms with Gasteiger partial charge in [0.1, 0.15) is 9.84 Å². The van der Waals surface area contributed by atoms with Gasteiger partial charge in [0.15, 0.2) is 0 Å². The lowest BCUT2D eigenvalue weighted by atomic mass is 9.87.